The van der Waals surface area contributed by atoms with Crippen LogP contribution in [0, 0.1) is 5.82 Å². The van der Waals surface area contributed by atoms with Crippen molar-refractivity contribution >= 4 is 0 Å². The van der Waals surface area contributed by atoms with Gasteiger partial charge < -0.3 is 10.1 Å². The second-order valence-corrected chi connectivity index (χ2v) is 5.06. The van der Waals surface area contributed by atoms with Gasteiger partial charge >= 0.3 is 0 Å². The first-order valence-electron chi connectivity index (χ1n) is 6.82. The molecule has 1 aromatic carbocycles. The lowest BCUT2D eigenvalue weighted by atomic mass is 9.99. The number of rotatable bonds is 4. The van der Waals surface area contributed by atoms with Crippen LogP contribution in [0.2, 0.25) is 0 Å². The summed E-state index contributed by atoms with van der Waals surface area (Å²) in [5.74, 6) is -0.178. The van der Waals surface area contributed by atoms with Crippen molar-refractivity contribution in [3.05, 3.63) is 35.6 Å². The van der Waals surface area contributed by atoms with E-state index in [1.54, 1.807) is 0 Å². The molecule has 18 heavy (non-hydrogen) atoms. The average molecular weight is 251 g/mol. The van der Waals surface area contributed by atoms with Crippen LogP contribution in [0.3, 0.4) is 0 Å². The van der Waals surface area contributed by atoms with Crippen LogP contribution in [-0.4, -0.2) is 18.8 Å². The molecule has 2 unspecified atom stereocenters. The number of benzene rings is 1. The van der Waals surface area contributed by atoms with Crippen LogP contribution in [-0.2, 0) is 4.74 Å². The summed E-state index contributed by atoms with van der Waals surface area (Å²) in [6.45, 7) is 5.13. The van der Waals surface area contributed by atoms with Crippen molar-refractivity contribution in [1.29, 1.82) is 0 Å². The number of ether oxygens (including phenoxy) is 1. The first kappa shape index (κ1) is 13.5. The molecule has 1 heterocycles. The fraction of sp³-hybridized carbons (Fsp3) is 0.600. The lowest BCUT2D eigenvalue weighted by Gasteiger charge is -2.31. The van der Waals surface area contributed by atoms with Crippen LogP contribution in [0.15, 0.2) is 24.3 Å². The molecule has 3 heteroatoms. The molecule has 0 saturated carbocycles. The van der Waals surface area contributed by atoms with Gasteiger partial charge in [-0.25, -0.2) is 4.39 Å². The van der Waals surface area contributed by atoms with Gasteiger partial charge in [0.15, 0.2) is 0 Å². The summed E-state index contributed by atoms with van der Waals surface area (Å²) < 4.78 is 18.5. The summed E-state index contributed by atoms with van der Waals surface area (Å²) in [5.41, 5.74) is 1.14. The molecule has 0 spiro atoms. The maximum absolute atomic E-state index is 12.9. The molecule has 1 aromatic rings. The summed E-state index contributed by atoms with van der Waals surface area (Å²) in [5, 5.41) is 3.62. The first-order valence-corrected chi connectivity index (χ1v) is 6.82. The molecule has 1 saturated heterocycles. The van der Waals surface area contributed by atoms with E-state index in [-0.39, 0.29) is 11.9 Å². The predicted molar refractivity (Wildman–Crippen MR) is 71.0 cm³/mol. The van der Waals surface area contributed by atoms with Crippen molar-refractivity contribution in [1.82, 2.24) is 5.32 Å². The van der Waals surface area contributed by atoms with Gasteiger partial charge in [0.05, 0.1) is 6.10 Å². The molecule has 2 rings (SSSR count). The average Bonchev–Trinajstić information content (AvgIpc) is 2.39. The molecule has 3 atom stereocenters. The number of hydrogen-bond acceptors (Lipinski definition) is 2. The Morgan fingerprint density at radius 2 is 2.11 bits per heavy atom. The van der Waals surface area contributed by atoms with Gasteiger partial charge in [-0.2, -0.15) is 0 Å². The van der Waals surface area contributed by atoms with Gasteiger partial charge in [0.2, 0.25) is 0 Å². The lowest BCUT2D eigenvalue weighted by Crippen LogP contribution is -2.39. The molecule has 1 aliphatic rings. The van der Waals surface area contributed by atoms with E-state index in [1.807, 2.05) is 12.1 Å². The highest BCUT2D eigenvalue weighted by molar-refractivity contribution is 5.19. The quantitative estimate of drug-likeness (QED) is 0.885. The van der Waals surface area contributed by atoms with E-state index < -0.39 is 0 Å². The van der Waals surface area contributed by atoms with E-state index in [0.717, 1.165) is 31.4 Å². The summed E-state index contributed by atoms with van der Waals surface area (Å²) in [6, 6.07) is 7.50. The number of halogens is 1. The Hall–Kier alpha value is -0.930. The summed E-state index contributed by atoms with van der Waals surface area (Å²) in [6.07, 6.45) is 3.59. The van der Waals surface area contributed by atoms with Crippen LogP contribution in [0.4, 0.5) is 4.39 Å². The molecule has 0 radical (unpaired) electrons. The maximum atomic E-state index is 12.9. The van der Waals surface area contributed by atoms with E-state index in [0.29, 0.717) is 12.1 Å². The minimum absolute atomic E-state index is 0.178. The highest BCUT2D eigenvalue weighted by Crippen LogP contribution is 2.20. The Kier molecular flexibility index (Phi) is 4.72. The van der Waals surface area contributed by atoms with Gasteiger partial charge in [-0.3, -0.25) is 0 Å². The van der Waals surface area contributed by atoms with E-state index in [1.165, 1.54) is 12.1 Å². The standard InChI is InChI=1S/C15H22FNO/c1-3-15-10-14(8-9-18-15)17-11(2)12-4-6-13(16)7-5-12/h4-7,11,14-15,17H,3,8-10H2,1-2H3/t11-,14?,15?/m0/s1. The molecule has 0 amide bonds. The Morgan fingerprint density at radius 1 is 1.39 bits per heavy atom. The molecule has 1 fully saturated rings. The van der Waals surface area contributed by atoms with E-state index in [2.05, 4.69) is 19.2 Å². The van der Waals surface area contributed by atoms with Crippen LogP contribution < -0.4 is 5.32 Å². The topological polar surface area (TPSA) is 21.3 Å². The molecule has 1 N–H and O–H groups in total. The highest BCUT2D eigenvalue weighted by Gasteiger charge is 2.22. The van der Waals surface area contributed by atoms with Crippen LogP contribution >= 0.6 is 0 Å². The van der Waals surface area contributed by atoms with Gasteiger partial charge in [-0.05, 0) is 43.9 Å². The van der Waals surface area contributed by atoms with E-state index in [9.17, 15) is 4.39 Å². The van der Waals surface area contributed by atoms with Gasteiger partial charge in [-0.1, -0.05) is 19.1 Å². The molecular formula is C15H22FNO. The van der Waals surface area contributed by atoms with Crippen LogP contribution in [0.1, 0.15) is 44.7 Å². The SMILES string of the molecule is CCC1CC(N[C@@H](C)c2ccc(F)cc2)CCO1. The van der Waals surface area contributed by atoms with Crippen molar-refractivity contribution in [3.8, 4) is 0 Å². The molecule has 1 aliphatic heterocycles. The van der Waals surface area contributed by atoms with E-state index in [4.69, 9.17) is 4.74 Å². The van der Waals surface area contributed by atoms with Gasteiger partial charge in [0.1, 0.15) is 5.82 Å². The number of hydrogen-bond donors (Lipinski definition) is 1. The summed E-state index contributed by atoms with van der Waals surface area (Å²) in [7, 11) is 0. The molecule has 0 aromatic heterocycles. The third kappa shape index (κ3) is 3.53. The maximum Gasteiger partial charge on any atom is 0.123 e. The van der Waals surface area contributed by atoms with Gasteiger partial charge in [-0.15, -0.1) is 0 Å². The number of nitrogens with one attached hydrogen (secondary N) is 1. The Balaban J connectivity index is 1.90. The Morgan fingerprint density at radius 3 is 2.78 bits per heavy atom. The molecular weight excluding hydrogens is 229 g/mol. The molecule has 2 nitrogen and oxygen atoms in total. The van der Waals surface area contributed by atoms with Crippen molar-refractivity contribution in [2.24, 2.45) is 0 Å². The molecule has 0 bridgehead atoms. The molecule has 100 valence electrons. The van der Waals surface area contributed by atoms with Crippen LogP contribution in [0.25, 0.3) is 0 Å². The minimum Gasteiger partial charge on any atom is -0.378 e. The highest BCUT2D eigenvalue weighted by atomic mass is 19.1. The Labute approximate surface area is 109 Å². The fourth-order valence-electron chi connectivity index (χ4n) is 2.52. The van der Waals surface area contributed by atoms with Crippen molar-refractivity contribution in [2.75, 3.05) is 6.61 Å². The first-order chi connectivity index (χ1) is 8.69. The summed E-state index contributed by atoms with van der Waals surface area (Å²) in [4.78, 5) is 0. The van der Waals surface area contributed by atoms with Crippen molar-refractivity contribution in [2.45, 2.75) is 51.3 Å². The van der Waals surface area contributed by atoms with Crippen LogP contribution in [0.5, 0.6) is 0 Å². The van der Waals surface area contributed by atoms with E-state index >= 15 is 0 Å². The fourth-order valence-corrected chi connectivity index (χ4v) is 2.52. The zero-order valence-electron chi connectivity index (χ0n) is 11.2. The third-order valence-corrected chi connectivity index (χ3v) is 3.68. The second kappa shape index (κ2) is 6.30. The van der Waals surface area contributed by atoms with Crippen molar-refractivity contribution in [3.63, 3.8) is 0 Å². The van der Waals surface area contributed by atoms with Gasteiger partial charge in [0.25, 0.3) is 0 Å². The zero-order valence-corrected chi connectivity index (χ0v) is 11.2. The zero-order chi connectivity index (χ0) is 13.0. The summed E-state index contributed by atoms with van der Waals surface area (Å²) >= 11 is 0. The minimum atomic E-state index is -0.178. The molecule has 0 aliphatic carbocycles. The predicted octanol–water partition coefficient (Wildman–Crippen LogP) is 3.43. The second-order valence-electron chi connectivity index (χ2n) is 5.06. The van der Waals surface area contributed by atoms with Gasteiger partial charge in [0, 0.05) is 18.7 Å². The monoisotopic (exact) mass is 251 g/mol. The normalized spacial score (nSPS) is 25.9. The third-order valence-electron chi connectivity index (χ3n) is 3.68. The largest absolute Gasteiger partial charge is 0.378 e. The smallest absolute Gasteiger partial charge is 0.123 e. The van der Waals surface area contributed by atoms with Crippen molar-refractivity contribution < 1.29 is 9.13 Å². The Bertz CT molecular complexity index is 365. The lowest BCUT2D eigenvalue weighted by molar-refractivity contribution is -0.00165.